The summed E-state index contributed by atoms with van der Waals surface area (Å²) < 4.78 is 102. The van der Waals surface area contributed by atoms with Crippen molar-refractivity contribution >= 4 is 75.8 Å². The number of carbonyl (C=O) groups excluding carboxylic acids is 4. The Morgan fingerprint density at radius 3 is 1.56 bits per heavy atom. The second-order valence-electron chi connectivity index (χ2n) is 13.8. The quantitative estimate of drug-likeness (QED) is 0.0881. The van der Waals surface area contributed by atoms with Gasteiger partial charge in [-0.3, -0.25) is 27.9 Å². The Balaban J connectivity index is 1.13. The lowest BCUT2D eigenvalue weighted by Crippen LogP contribution is -2.43. The van der Waals surface area contributed by atoms with Crippen molar-refractivity contribution in [2.24, 2.45) is 0 Å². The van der Waals surface area contributed by atoms with Gasteiger partial charge in [-0.2, -0.15) is 16.8 Å². The lowest BCUT2D eigenvalue weighted by atomic mass is 9.85. The maximum atomic E-state index is 14.2. The Bertz CT molecular complexity index is 3220. The first kappa shape index (κ1) is 41.0. The number of nitrogens with zero attached hydrogens (tertiary/aromatic N) is 2. The van der Waals surface area contributed by atoms with Crippen molar-refractivity contribution in [3.05, 3.63) is 143 Å². The van der Waals surface area contributed by atoms with Gasteiger partial charge in [-0.25, -0.2) is 18.2 Å². The van der Waals surface area contributed by atoms with Crippen molar-refractivity contribution in [2.75, 3.05) is 24.0 Å². The van der Waals surface area contributed by atoms with E-state index in [-0.39, 0.29) is 55.8 Å². The number of hydrogen-bond donors (Lipinski definition) is 1. The summed E-state index contributed by atoms with van der Waals surface area (Å²) >= 11 is 0. The van der Waals surface area contributed by atoms with Crippen LogP contribution < -0.4 is 19.3 Å². The number of rotatable bonds is 11. The van der Waals surface area contributed by atoms with Gasteiger partial charge in [0, 0.05) is 44.7 Å². The first-order chi connectivity index (χ1) is 28.8. The van der Waals surface area contributed by atoms with Gasteiger partial charge in [0.25, 0.3) is 43.9 Å². The number of sulfone groups is 1. The van der Waals surface area contributed by atoms with Gasteiger partial charge in [0.1, 0.15) is 27.9 Å². The summed E-state index contributed by atoms with van der Waals surface area (Å²) in [5, 5.41) is 0.322. The minimum Gasteiger partial charge on any atom is -0.496 e. The zero-order chi connectivity index (χ0) is 43.8. The molecule has 0 spiro atoms. The number of ether oxygens (including phenoxy) is 2. The van der Waals surface area contributed by atoms with E-state index in [9.17, 15) is 49.0 Å². The molecule has 0 unspecified atom stereocenters. The number of anilines is 2. The predicted molar refractivity (Wildman–Crippen MR) is 218 cm³/mol. The molecule has 0 saturated carbocycles. The van der Waals surface area contributed by atoms with Gasteiger partial charge >= 0.3 is 0 Å². The molecule has 2 aliphatic heterocycles. The number of methoxy groups -OCH3 is 1. The molecule has 0 aliphatic carbocycles. The van der Waals surface area contributed by atoms with Crippen molar-refractivity contribution in [1.82, 2.24) is 0 Å². The fourth-order valence-corrected chi connectivity index (χ4v) is 10.2. The van der Waals surface area contributed by atoms with E-state index in [4.69, 9.17) is 13.7 Å². The van der Waals surface area contributed by atoms with E-state index >= 15 is 0 Å². The van der Waals surface area contributed by atoms with Gasteiger partial charge in [-0.05, 0) is 97.4 Å². The van der Waals surface area contributed by atoms with E-state index in [0.717, 1.165) is 52.8 Å². The molecule has 8 rings (SSSR count). The summed E-state index contributed by atoms with van der Waals surface area (Å²) in [6.45, 7) is 1.82. The van der Waals surface area contributed by atoms with Crippen LogP contribution in [0.5, 0.6) is 17.2 Å². The van der Waals surface area contributed by atoms with Crippen LogP contribution in [0.2, 0.25) is 0 Å². The SMILES string of the molecule is COc1ccc(S(=O)(=O)c2ccc(Oc3cccc(N4C(=O)c5ccc6c7c(ccc(c57)C4=O)C(=O)N(c4cccc(C)c4)C6=O)c3)c(S(=O)(=O)OC)c2)cc1CS(=O)(=O)O. The molecule has 2 heterocycles. The second-order valence-corrected chi connectivity index (χ2v) is 18.9. The van der Waals surface area contributed by atoms with Crippen molar-refractivity contribution in [2.45, 2.75) is 27.4 Å². The number of imide groups is 2. The van der Waals surface area contributed by atoms with E-state index in [1.807, 2.05) is 13.0 Å². The van der Waals surface area contributed by atoms with E-state index in [1.165, 1.54) is 61.7 Å². The van der Waals surface area contributed by atoms with E-state index < -0.39 is 79.9 Å². The largest absolute Gasteiger partial charge is 0.496 e. The Kier molecular flexibility index (Phi) is 9.91. The third-order valence-electron chi connectivity index (χ3n) is 10.1. The van der Waals surface area contributed by atoms with Gasteiger partial charge in [0.15, 0.2) is 0 Å². The van der Waals surface area contributed by atoms with Crippen LogP contribution in [0.1, 0.15) is 52.6 Å². The molecule has 0 bridgehead atoms. The summed E-state index contributed by atoms with van der Waals surface area (Å²) in [6, 6.07) is 24.2. The second kappa shape index (κ2) is 14.7. The van der Waals surface area contributed by atoms with Gasteiger partial charge in [0.05, 0.1) is 35.4 Å². The molecule has 1 N–H and O–H groups in total. The van der Waals surface area contributed by atoms with Crippen LogP contribution in [0.25, 0.3) is 10.8 Å². The van der Waals surface area contributed by atoms with Crippen LogP contribution in [-0.4, -0.2) is 67.7 Å². The highest BCUT2D eigenvalue weighted by Crippen LogP contribution is 2.41. The Hall–Kier alpha value is -6.77. The molecule has 61 heavy (non-hydrogen) atoms. The molecule has 0 radical (unpaired) electrons. The zero-order valence-electron chi connectivity index (χ0n) is 32.0. The van der Waals surface area contributed by atoms with Crippen LogP contribution in [0.4, 0.5) is 11.4 Å². The minimum absolute atomic E-state index is 0.000118. The third-order valence-corrected chi connectivity index (χ3v) is 13.8. The molecule has 0 aromatic heterocycles. The van der Waals surface area contributed by atoms with Gasteiger partial charge in [-0.15, -0.1) is 0 Å². The third kappa shape index (κ3) is 7.00. The molecular formula is C42H30N2O14S3. The van der Waals surface area contributed by atoms with E-state index in [1.54, 1.807) is 18.2 Å². The zero-order valence-corrected chi connectivity index (χ0v) is 34.4. The average Bonchev–Trinajstić information content (AvgIpc) is 3.21. The van der Waals surface area contributed by atoms with Gasteiger partial charge in [-0.1, -0.05) is 18.2 Å². The molecule has 16 nitrogen and oxygen atoms in total. The molecule has 4 amide bonds. The fourth-order valence-electron chi connectivity index (χ4n) is 7.32. The molecule has 0 atom stereocenters. The highest BCUT2D eigenvalue weighted by atomic mass is 32.2. The van der Waals surface area contributed by atoms with E-state index in [0.29, 0.717) is 5.69 Å². The number of amides is 4. The van der Waals surface area contributed by atoms with Crippen LogP contribution in [0, 0.1) is 6.92 Å². The summed E-state index contributed by atoms with van der Waals surface area (Å²) in [4.78, 5) is 56.2. The first-order valence-electron chi connectivity index (χ1n) is 17.9. The van der Waals surface area contributed by atoms with E-state index in [2.05, 4.69) is 0 Å². The molecule has 0 fully saturated rings. The Labute approximate surface area is 348 Å². The van der Waals surface area contributed by atoms with Crippen LogP contribution in [0.3, 0.4) is 0 Å². The van der Waals surface area contributed by atoms with Crippen molar-refractivity contribution in [1.29, 1.82) is 0 Å². The lowest BCUT2D eigenvalue weighted by Gasteiger charge is -2.32. The monoisotopic (exact) mass is 882 g/mol. The molecule has 0 saturated heterocycles. The predicted octanol–water partition coefficient (Wildman–Crippen LogP) is 6.11. The lowest BCUT2D eigenvalue weighted by molar-refractivity contribution is 0.0873. The standard InChI is InChI=1S/C42H30N2O14S3/c1-23-6-4-7-25(18-23)43-39(45)30-12-14-32-38-33(15-13-31(37(30)38)40(43)46)42(48)44(41(32)47)26-8-5-9-27(20-26)58-35-17-11-29(21-36(35)61(54,55)57-3)60(52,53)28-10-16-34(56-2)24(19-28)22-59(49,50)51/h4-21H,22H2,1-3H3,(H,49,50,51). The summed E-state index contributed by atoms with van der Waals surface area (Å²) in [5.41, 5.74) is 1.36. The van der Waals surface area contributed by atoms with Crippen LogP contribution in [0.15, 0.2) is 124 Å². The summed E-state index contributed by atoms with van der Waals surface area (Å²) in [6.07, 6.45) is 0. The highest BCUT2D eigenvalue weighted by molar-refractivity contribution is 7.91. The number of hydrogen-bond acceptors (Lipinski definition) is 13. The highest BCUT2D eigenvalue weighted by Gasteiger charge is 2.41. The topological polar surface area (TPSA) is 225 Å². The molecule has 310 valence electrons. The Morgan fingerprint density at radius 1 is 0.574 bits per heavy atom. The molecular weight excluding hydrogens is 853 g/mol. The Morgan fingerprint density at radius 2 is 1.07 bits per heavy atom. The van der Waals surface area contributed by atoms with Gasteiger partial charge in [0.2, 0.25) is 9.84 Å². The van der Waals surface area contributed by atoms with Crippen molar-refractivity contribution in [3.63, 3.8) is 0 Å². The number of benzene rings is 6. The van der Waals surface area contributed by atoms with Crippen LogP contribution >= 0.6 is 0 Å². The minimum atomic E-state index is -4.69. The maximum Gasteiger partial charge on any atom is 0.300 e. The average molecular weight is 883 g/mol. The normalized spacial score (nSPS) is 14.2. The molecule has 6 aromatic carbocycles. The van der Waals surface area contributed by atoms with Crippen LogP contribution in [-0.2, 0) is 40.0 Å². The number of aryl methyl sites for hydroxylation is 1. The summed E-state index contributed by atoms with van der Waals surface area (Å²) in [5.74, 6) is -4.30. The smallest absolute Gasteiger partial charge is 0.300 e. The van der Waals surface area contributed by atoms with Gasteiger partial charge < -0.3 is 9.47 Å². The molecule has 2 aliphatic rings. The fraction of sp³-hybridized carbons (Fsp3) is 0.0952. The van der Waals surface area contributed by atoms with Crippen molar-refractivity contribution in [3.8, 4) is 17.2 Å². The van der Waals surface area contributed by atoms with Crippen molar-refractivity contribution < 1.29 is 62.6 Å². The maximum absolute atomic E-state index is 14.2. The first-order valence-corrected chi connectivity index (χ1v) is 22.4. The summed E-state index contributed by atoms with van der Waals surface area (Å²) in [7, 11) is -11.8. The number of carbonyl (C=O) groups is 4. The molecule has 6 aromatic rings. The molecule has 19 heteroatoms.